The van der Waals surface area contributed by atoms with Crippen LogP contribution in [0.25, 0.3) is 0 Å². The van der Waals surface area contributed by atoms with Crippen molar-refractivity contribution in [2.75, 3.05) is 13.3 Å². The molecule has 0 aromatic heterocycles. The Morgan fingerprint density at radius 1 is 0.909 bits per heavy atom. The zero-order chi connectivity index (χ0) is 8.36. The van der Waals surface area contributed by atoms with Crippen LogP contribution in [0.2, 0.25) is 0 Å². The standard InChI is InChI=1S/C8H12F2O/c9-5-1-3-7-11-8-4-2-6-10/h3-4,7-8H,1-2,5-6H2. The molecule has 0 bridgehead atoms. The molecule has 0 radical (unpaired) electrons. The summed E-state index contributed by atoms with van der Waals surface area (Å²) in [6.07, 6.45) is 6.62. The van der Waals surface area contributed by atoms with E-state index in [4.69, 9.17) is 4.74 Å². The van der Waals surface area contributed by atoms with Crippen LogP contribution in [-0.4, -0.2) is 13.3 Å². The van der Waals surface area contributed by atoms with Gasteiger partial charge in [-0.3, -0.25) is 8.78 Å². The van der Waals surface area contributed by atoms with Crippen LogP contribution in [0, 0.1) is 0 Å². The molecule has 64 valence electrons. The van der Waals surface area contributed by atoms with Crippen LogP contribution in [0.5, 0.6) is 0 Å². The molecule has 1 nitrogen and oxygen atoms in total. The van der Waals surface area contributed by atoms with Crippen LogP contribution in [0.1, 0.15) is 12.8 Å². The lowest BCUT2D eigenvalue weighted by Crippen LogP contribution is -1.71. The SMILES string of the molecule is FCCC=COC=CCCF. The molecule has 0 saturated heterocycles. The van der Waals surface area contributed by atoms with Gasteiger partial charge < -0.3 is 4.74 Å². The molecule has 0 aromatic carbocycles. The van der Waals surface area contributed by atoms with E-state index in [2.05, 4.69) is 0 Å². The molecule has 0 aliphatic carbocycles. The van der Waals surface area contributed by atoms with E-state index < -0.39 is 0 Å². The van der Waals surface area contributed by atoms with E-state index in [0.29, 0.717) is 12.8 Å². The van der Waals surface area contributed by atoms with Crippen LogP contribution < -0.4 is 0 Å². The van der Waals surface area contributed by atoms with E-state index in [-0.39, 0.29) is 13.3 Å². The highest BCUT2D eigenvalue weighted by Crippen LogP contribution is 1.88. The maximum absolute atomic E-state index is 11.4. The van der Waals surface area contributed by atoms with Crippen molar-refractivity contribution >= 4 is 0 Å². The first-order valence-corrected chi connectivity index (χ1v) is 3.49. The minimum absolute atomic E-state index is 0.358. The summed E-state index contributed by atoms with van der Waals surface area (Å²) in [4.78, 5) is 0. The molecule has 0 heterocycles. The number of halogens is 2. The summed E-state index contributed by atoms with van der Waals surface area (Å²) in [5, 5.41) is 0. The Morgan fingerprint density at radius 3 is 1.73 bits per heavy atom. The fraction of sp³-hybridized carbons (Fsp3) is 0.500. The van der Waals surface area contributed by atoms with Gasteiger partial charge >= 0.3 is 0 Å². The van der Waals surface area contributed by atoms with Gasteiger partial charge in [0.05, 0.1) is 25.9 Å². The molecule has 3 heteroatoms. The first-order valence-electron chi connectivity index (χ1n) is 3.49. The zero-order valence-electron chi connectivity index (χ0n) is 6.30. The van der Waals surface area contributed by atoms with Gasteiger partial charge in [-0.15, -0.1) is 0 Å². The Hall–Kier alpha value is -0.860. The van der Waals surface area contributed by atoms with Gasteiger partial charge in [0.15, 0.2) is 0 Å². The van der Waals surface area contributed by atoms with Crippen molar-refractivity contribution in [3.63, 3.8) is 0 Å². The van der Waals surface area contributed by atoms with Gasteiger partial charge in [0.25, 0.3) is 0 Å². The van der Waals surface area contributed by atoms with Gasteiger partial charge in [0, 0.05) is 0 Å². The number of hydrogen-bond donors (Lipinski definition) is 0. The summed E-state index contributed by atoms with van der Waals surface area (Å²) in [5.74, 6) is 0. The van der Waals surface area contributed by atoms with Crippen molar-refractivity contribution in [1.29, 1.82) is 0 Å². The lowest BCUT2D eigenvalue weighted by molar-refractivity contribution is 0.393. The molecule has 0 aliphatic rings. The van der Waals surface area contributed by atoms with E-state index in [1.807, 2.05) is 0 Å². The predicted octanol–water partition coefficient (Wildman–Crippen LogP) is 2.75. The molecule has 0 spiro atoms. The molecule has 11 heavy (non-hydrogen) atoms. The summed E-state index contributed by atoms with van der Waals surface area (Å²) in [7, 11) is 0. The van der Waals surface area contributed by atoms with Gasteiger partial charge in [-0.25, -0.2) is 0 Å². The lowest BCUT2D eigenvalue weighted by Gasteiger charge is -1.87. The predicted molar refractivity (Wildman–Crippen MR) is 40.5 cm³/mol. The lowest BCUT2D eigenvalue weighted by atomic mass is 10.4. The Bertz CT molecular complexity index is 107. The van der Waals surface area contributed by atoms with Crippen LogP contribution in [0.15, 0.2) is 24.7 Å². The number of ether oxygens (including phenoxy) is 1. The zero-order valence-corrected chi connectivity index (χ0v) is 6.30. The second kappa shape index (κ2) is 9.14. The van der Waals surface area contributed by atoms with E-state index >= 15 is 0 Å². The third-order valence-electron chi connectivity index (χ3n) is 0.901. The van der Waals surface area contributed by atoms with Crippen molar-refractivity contribution in [3.8, 4) is 0 Å². The van der Waals surface area contributed by atoms with Crippen LogP contribution >= 0.6 is 0 Å². The van der Waals surface area contributed by atoms with Crippen LogP contribution in [-0.2, 0) is 4.74 Å². The molecule has 0 aliphatic heterocycles. The van der Waals surface area contributed by atoms with Gasteiger partial charge in [-0.1, -0.05) is 0 Å². The summed E-state index contributed by atoms with van der Waals surface area (Å²) in [5.41, 5.74) is 0. The normalized spacial score (nSPS) is 11.5. The van der Waals surface area contributed by atoms with Crippen molar-refractivity contribution in [2.24, 2.45) is 0 Å². The molecule has 0 atom stereocenters. The fourth-order valence-corrected chi connectivity index (χ4v) is 0.419. The minimum Gasteiger partial charge on any atom is -0.473 e. The fourth-order valence-electron chi connectivity index (χ4n) is 0.419. The van der Waals surface area contributed by atoms with E-state index in [9.17, 15) is 8.78 Å². The van der Waals surface area contributed by atoms with Gasteiger partial charge in [-0.2, -0.15) is 0 Å². The molecule has 0 N–H and O–H groups in total. The third kappa shape index (κ3) is 9.14. The van der Waals surface area contributed by atoms with Crippen LogP contribution in [0.3, 0.4) is 0 Å². The number of alkyl halides is 2. The van der Waals surface area contributed by atoms with Crippen molar-refractivity contribution in [1.82, 2.24) is 0 Å². The van der Waals surface area contributed by atoms with E-state index in [1.54, 1.807) is 12.2 Å². The summed E-state index contributed by atoms with van der Waals surface area (Å²) >= 11 is 0. The number of rotatable bonds is 6. The summed E-state index contributed by atoms with van der Waals surface area (Å²) < 4.78 is 27.6. The Morgan fingerprint density at radius 2 is 1.36 bits per heavy atom. The second-order valence-corrected chi connectivity index (χ2v) is 1.83. The van der Waals surface area contributed by atoms with Crippen molar-refractivity contribution in [2.45, 2.75) is 12.8 Å². The molecule has 0 amide bonds. The monoisotopic (exact) mass is 162 g/mol. The topological polar surface area (TPSA) is 9.23 Å². The van der Waals surface area contributed by atoms with E-state index in [0.717, 1.165) is 0 Å². The largest absolute Gasteiger partial charge is 0.473 e. The molecular weight excluding hydrogens is 150 g/mol. The van der Waals surface area contributed by atoms with Crippen molar-refractivity contribution < 1.29 is 13.5 Å². The highest BCUT2D eigenvalue weighted by Gasteiger charge is 1.75. The number of allylic oxidation sites excluding steroid dienone is 2. The average molecular weight is 162 g/mol. The van der Waals surface area contributed by atoms with Gasteiger partial charge in [0.1, 0.15) is 0 Å². The highest BCUT2D eigenvalue weighted by atomic mass is 19.1. The number of hydrogen-bond acceptors (Lipinski definition) is 1. The maximum atomic E-state index is 11.4. The van der Waals surface area contributed by atoms with E-state index in [1.165, 1.54) is 12.5 Å². The molecule has 0 unspecified atom stereocenters. The average Bonchev–Trinajstić information content (AvgIpc) is 2.03. The minimum atomic E-state index is -0.381. The Labute approximate surface area is 65.4 Å². The molecule has 0 saturated carbocycles. The van der Waals surface area contributed by atoms with Gasteiger partial charge in [0.2, 0.25) is 0 Å². The third-order valence-corrected chi connectivity index (χ3v) is 0.901. The smallest absolute Gasteiger partial charge is 0.0930 e. The molecule has 0 aromatic rings. The Kier molecular flexibility index (Phi) is 8.43. The highest BCUT2D eigenvalue weighted by molar-refractivity contribution is 4.79. The quantitative estimate of drug-likeness (QED) is 0.545. The first kappa shape index (κ1) is 10.1. The van der Waals surface area contributed by atoms with Crippen LogP contribution in [0.4, 0.5) is 8.78 Å². The van der Waals surface area contributed by atoms with Crippen molar-refractivity contribution in [3.05, 3.63) is 24.7 Å². The summed E-state index contributed by atoms with van der Waals surface area (Å²) in [6, 6.07) is 0. The first-order chi connectivity index (χ1) is 5.41. The maximum Gasteiger partial charge on any atom is 0.0930 e. The van der Waals surface area contributed by atoms with Gasteiger partial charge in [-0.05, 0) is 25.0 Å². The summed E-state index contributed by atoms with van der Waals surface area (Å²) in [6.45, 7) is -0.762. The molecular formula is C8H12F2O. The Balaban J connectivity index is 3.11. The second-order valence-electron chi connectivity index (χ2n) is 1.83. The molecule has 0 fully saturated rings. The molecule has 0 rings (SSSR count).